The summed E-state index contributed by atoms with van der Waals surface area (Å²) in [5.41, 5.74) is 4.83. The van der Waals surface area contributed by atoms with Crippen molar-refractivity contribution in [3.05, 3.63) is 0 Å². The number of amides is 3. The zero-order chi connectivity index (χ0) is 21.0. The van der Waals surface area contributed by atoms with E-state index in [4.69, 9.17) is 15.2 Å². The summed E-state index contributed by atoms with van der Waals surface area (Å²) in [6, 6.07) is 0. The van der Waals surface area contributed by atoms with Gasteiger partial charge in [-0.2, -0.15) is 0 Å². The third-order valence-corrected chi connectivity index (χ3v) is 7.10. The van der Waals surface area contributed by atoms with Crippen LogP contribution in [0.2, 0.25) is 0 Å². The molecule has 5 fully saturated rings. The van der Waals surface area contributed by atoms with E-state index in [1.807, 2.05) is 20.8 Å². The van der Waals surface area contributed by atoms with Gasteiger partial charge in [0, 0.05) is 25.6 Å². The molecule has 29 heavy (non-hydrogen) atoms. The van der Waals surface area contributed by atoms with Crippen molar-refractivity contribution >= 4 is 18.1 Å². The Hall–Kier alpha value is -1.99. The number of likely N-dealkylation sites (tertiary alicyclic amines) is 1. The van der Waals surface area contributed by atoms with Crippen molar-refractivity contribution in [1.29, 1.82) is 0 Å². The lowest BCUT2D eigenvalue weighted by Crippen LogP contribution is -2.60. The predicted octanol–water partition coefficient (Wildman–Crippen LogP) is 2.26. The van der Waals surface area contributed by atoms with Crippen LogP contribution in [0, 0.1) is 29.1 Å². The van der Waals surface area contributed by atoms with Gasteiger partial charge in [0.25, 0.3) is 0 Å². The fraction of sp³-hybridized carbons (Fsp3) is 0.857. The Morgan fingerprint density at radius 1 is 1.10 bits per heavy atom. The van der Waals surface area contributed by atoms with Crippen molar-refractivity contribution in [2.45, 2.75) is 64.6 Å². The Bertz CT molecular complexity index is 681. The van der Waals surface area contributed by atoms with Crippen LogP contribution in [-0.2, 0) is 14.3 Å². The molecule has 0 aromatic carbocycles. The monoisotopic (exact) mass is 407 g/mol. The van der Waals surface area contributed by atoms with Crippen molar-refractivity contribution in [3.63, 3.8) is 0 Å². The smallest absolute Gasteiger partial charge is 0.410 e. The van der Waals surface area contributed by atoms with Gasteiger partial charge in [-0.15, -0.1) is 0 Å². The molecule has 8 heteroatoms. The van der Waals surface area contributed by atoms with Crippen molar-refractivity contribution in [1.82, 2.24) is 10.2 Å². The first-order valence-electron chi connectivity index (χ1n) is 10.8. The lowest BCUT2D eigenvalue weighted by Gasteiger charge is -2.58. The molecule has 0 radical (unpaired) electrons. The molecular weight excluding hydrogens is 374 g/mol. The summed E-state index contributed by atoms with van der Waals surface area (Å²) >= 11 is 0. The highest BCUT2D eigenvalue weighted by atomic mass is 16.6. The van der Waals surface area contributed by atoms with E-state index >= 15 is 0 Å². The molecule has 0 aromatic rings. The summed E-state index contributed by atoms with van der Waals surface area (Å²) in [6.07, 6.45) is 3.70. The minimum atomic E-state index is -0.523. The minimum Gasteiger partial charge on any atom is -0.446 e. The van der Waals surface area contributed by atoms with Crippen molar-refractivity contribution in [3.8, 4) is 0 Å². The van der Waals surface area contributed by atoms with E-state index in [0.717, 1.165) is 32.1 Å². The van der Waals surface area contributed by atoms with Gasteiger partial charge in [-0.1, -0.05) is 0 Å². The first-order valence-corrected chi connectivity index (χ1v) is 10.8. The van der Waals surface area contributed by atoms with Gasteiger partial charge in [0.05, 0.1) is 5.41 Å². The number of carbonyl (C=O) groups is 3. The Labute approximate surface area is 171 Å². The van der Waals surface area contributed by atoms with Crippen molar-refractivity contribution < 1.29 is 23.9 Å². The van der Waals surface area contributed by atoms with E-state index in [1.165, 1.54) is 0 Å². The topological polar surface area (TPSA) is 111 Å². The number of rotatable bonds is 4. The Morgan fingerprint density at radius 3 is 2.28 bits per heavy atom. The van der Waals surface area contributed by atoms with Crippen LogP contribution in [-0.4, -0.2) is 54.3 Å². The molecule has 0 spiro atoms. The van der Waals surface area contributed by atoms with Crippen LogP contribution in [0.15, 0.2) is 0 Å². The highest BCUT2D eigenvalue weighted by molar-refractivity contribution is 5.81. The average molecular weight is 408 g/mol. The molecule has 162 valence electrons. The van der Waals surface area contributed by atoms with Gasteiger partial charge in [0.2, 0.25) is 5.91 Å². The van der Waals surface area contributed by atoms with Crippen LogP contribution in [0.3, 0.4) is 0 Å². The quantitative estimate of drug-likeness (QED) is 0.743. The van der Waals surface area contributed by atoms with Gasteiger partial charge in [0.15, 0.2) is 0 Å². The van der Waals surface area contributed by atoms with Gasteiger partial charge in [-0.3, -0.25) is 4.79 Å². The van der Waals surface area contributed by atoms with E-state index in [9.17, 15) is 14.4 Å². The minimum absolute atomic E-state index is 0.0922. The van der Waals surface area contributed by atoms with E-state index < -0.39 is 11.7 Å². The predicted molar refractivity (Wildman–Crippen MR) is 105 cm³/mol. The maximum Gasteiger partial charge on any atom is 0.410 e. The first-order chi connectivity index (χ1) is 13.5. The van der Waals surface area contributed by atoms with Crippen molar-refractivity contribution in [2.75, 3.05) is 19.6 Å². The number of primary amides is 1. The highest BCUT2D eigenvalue weighted by Gasteiger charge is 2.59. The normalized spacial score (nSPS) is 35.8. The Balaban J connectivity index is 1.23. The number of nitrogens with two attached hydrogens (primary N) is 1. The summed E-state index contributed by atoms with van der Waals surface area (Å²) in [4.78, 5) is 38.1. The second-order valence-electron chi connectivity index (χ2n) is 10.6. The van der Waals surface area contributed by atoms with Gasteiger partial charge in [-0.25, -0.2) is 9.59 Å². The van der Waals surface area contributed by atoms with Gasteiger partial charge >= 0.3 is 12.2 Å². The van der Waals surface area contributed by atoms with E-state index in [2.05, 4.69) is 5.32 Å². The zero-order valence-corrected chi connectivity index (χ0v) is 17.6. The fourth-order valence-electron chi connectivity index (χ4n) is 6.05. The molecule has 5 aliphatic rings. The van der Waals surface area contributed by atoms with Crippen LogP contribution in [0.4, 0.5) is 9.59 Å². The molecule has 0 aromatic heterocycles. The molecule has 4 bridgehead atoms. The van der Waals surface area contributed by atoms with E-state index in [1.54, 1.807) is 4.90 Å². The lowest BCUT2D eigenvalue weighted by atomic mass is 9.48. The molecule has 1 heterocycles. The summed E-state index contributed by atoms with van der Waals surface area (Å²) in [6.45, 7) is 7.10. The van der Waals surface area contributed by atoms with Crippen LogP contribution < -0.4 is 11.1 Å². The Kier molecular flexibility index (Phi) is 4.94. The second-order valence-corrected chi connectivity index (χ2v) is 10.6. The molecule has 3 amide bonds. The summed E-state index contributed by atoms with van der Waals surface area (Å²) < 4.78 is 11.1. The van der Waals surface area contributed by atoms with Crippen LogP contribution in [0.1, 0.15) is 52.9 Å². The maximum absolute atomic E-state index is 12.6. The summed E-state index contributed by atoms with van der Waals surface area (Å²) in [5, 5.41) is 2.76. The van der Waals surface area contributed by atoms with Crippen LogP contribution >= 0.6 is 0 Å². The van der Waals surface area contributed by atoms with Gasteiger partial charge in [-0.05, 0) is 70.6 Å². The van der Waals surface area contributed by atoms with Crippen LogP contribution in [0.25, 0.3) is 0 Å². The molecule has 1 aliphatic heterocycles. The number of nitrogens with one attached hydrogen (secondary N) is 1. The number of nitrogens with zero attached hydrogens (tertiary/aromatic N) is 1. The largest absolute Gasteiger partial charge is 0.446 e. The maximum atomic E-state index is 12.6. The standard InChI is InChI=1S/C21H33N3O5/c1-20(2,3)29-18(26)23-9-13-10-24(11-13)19(27)28-16-14-4-12-5-15(16)8-21(6-12,7-14)17(22)25/h12-16H,4-11H2,1-3H3,(H2,22,25)(H,23,26)/t12?,14-,15?,16?,21-/m0/s1. The number of hydrogen-bond acceptors (Lipinski definition) is 5. The second kappa shape index (κ2) is 7.06. The molecular formula is C21H33N3O5. The Morgan fingerprint density at radius 2 is 1.72 bits per heavy atom. The third kappa shape index (κ3) is 4.03. The molecule has 5 rings (SSSR count). The van der Waals surface area contributed by atoms with E-state index in [0.29, 0.717) is 25.6 Å². The SMILES string of the molecule is CC(C)(C)OC(=O)NCC1CN(C(=O)OC2C3CC4C[C@H]2C[C@@](C(N)=O)(C4)C3)C1. The first kappa shape index (κ1) is 20.3. The molecule has 4 saturated carbocycles. The van der Waals surface area contributed by atoms with Gasteiger partial charge in [0.1, 0.15) is 11.7 Å². The molecule has 4 aliphatic carbocycles. The van der Waals surface area contributed by atoms with Crippen molar-refractivity contribution in [2.24, 2.45) is 34.8 Å². The number of alkyl carbamates (subject to hydrolysis) is 1. The number of ether oxygens (including phenoxy) is 2. The third-order valence-electron chi connectivity index (χ3n) is 7.10. The number of carbonyl (C=O) groups excluding carboxylic acids is 3. The molecule has 3 N–H and O–H groups in total. The molecule has 3 unspecified atom stereocenters. The molecule has 5 atom stereocenters. The van der Waals surface area contributed by atoms with Gasteiger partial charge < -0.3 is 25.4 Å². The highest BCUT2D eigenvalue weighted by Crippen LogP contribution is 2.60. The molecule has 8 nitrogen and oxygen atoms in total. The van der Waals surface area contributed by atoms with Crippen LogP contribution in [0.5, 0.6) is 0 Å². The zero-order valence-electron chi connectivity index (χ0n) is 17.6. The lowest BCUT2D eigenvalue weighted by molar-refractivity contribution is -0.162. The summed E-state index contributed by atoms with van der Waals surface area (Å²) in [7, 11) is 0. The average Bonchev–Trinajstić information content (AvgIpc) is 2.54. The molecule has 1 saturated heterocycles. The summed E-state index contributed by atoms with van der Waals surface area (Å²) in [5.74, 6) is 1.09. The fourth-order valence-corrected chi connectivity index (χ4v) is 6.05. The van der Waals surface area contributed by atoms with E-state index in [-0.39, 0.29) is 41.3 Å². The number of hydrogen-bond donors (Lipinski definition) is 2.